The second-order valence-corrected chi connectivity index (χ2v) is 5.22. The molecule has 0 saturated heterocycles. The highest BCUT2D eigenvalue weighted by atomic mass is 32.2. The van der Waals surface area contributed by atoms with E-state index in [1.54, 1.807) is 18.0 Å². The fourth-order valence-corrected chi connectivity index (χ4v) is 2.56. The van der Waals surface area contributed by atoms with Gasteiger partial charge in [0.15, 0.2) is 0 Å². The van der Waals surface area contributed by atoms with Crippen molar-refractivity contribution in [1.29, 1.82) is 0 Å². The van der Waals surface area contributed by atoms with Crippen molar-refractivity contribution in [3.8, 4) is 11.5 Å². The minimum Gasteiger partial charge on any atom is -0.455 e. The summed E-state index contributed by atoms with van der Waals surface area (Å²) >= 11 is 6.70. The van der Waals surface area contributed by atoms with E-state index in [1.165, 1.54) is 0 Å². The normalized spacial score (nSPS) is 10.2. The number of pyridine rings is 1. The zero-order valence-electron chi connectivity index (χ0n) is 10.7. The van der Waals surface area contributed by atoms with Gasteiger partial charge in [0.2, 0.25) is 0 Å². The molecular formula is C14H14N2OS2. The number of nitrogens with zero attached hydrogens (tertiary/aromatic N) is 1. The van der Waals surface area contributed by atoms with E-state index < -0.39 is 0 Å². The lowest BCUT2D eigenvalue weighted by molar-refractivity contribution is 0.477. The molecule has 3 nitrogen and oxygen atoms in total. The van der Waals surface area contributed by atoms with Crippen molar-refractivity contribution in [1.82, 2.24) is 4.98 Å². The maximum absolute atomic E-state index is 5.82. The lowest BCUT2D eigenvalue weighted by atomic mass is 10.2. The number of benzene rings is 1. The topological polar surface area (TPSA) is 48.1 Å². The van der Waals surface area contributed by atoms with E-state index in [1.807, 2.05) is 43.5 Å². The summed E-state index contributed by atoms with van der Waals surface area (Å²) in [5, 5.41) is 0. The Morgan fingerprint density at radius 3 is 2.68 bits per heavy atom. The van der Waals surface area contributed by atoms with Gasteiger partial charge in [0.05, 0.1) is 11.8 Å². The molecule has 0 amide bonds. The third-order valence-electron chi connectivity index (χ3n) is 2.57. The second-order valence-electron chi connectivity index (χ2n) is 3.94. The quantitative estimate of drug-likeness (QED) is 0.689. The van der Waals surface area contributed by atoms with E-state index in [0.29, 0.717) is 16.5 Å². The number of thioether (sulfide) groups is 1. The van der Waals surface area contributed by atoms with Gasteiger partial charge in [-0.1, -0.05) is 18.3 Å². The van der Waals surface area contributed by atoms with E-state index in [4.69, 9.17) is 22.7 Å². The summed E-state index contributed by atoms with van der Waals surface area (Å²) < 4.78 is 5.82. The lowest BCUT2D eigenvalue weighted by Crippen LogP contribution is -2.12. The molecule has 2 aromatic rings. The molecule has 19 heavy (non-hydrogen) atoms. The van der Waals surface area contributed by atoms with Crippen LogP contribution in [0.2, 0.25) is 0 Å². The number of aromatic nitrogens is 1. The molecule has 2 N–H and O–H groups in total. The van der Waals surface area contributed by atoms with Crippen molar-refractivity contribution in [3.63, 3.8) is 0 Å². The van der Waals surface area contributed by atoms with Gasteiger partial charge < -0.3 is 10.5 Å². The summed E-state index contributed by atoms with van der Waals surface area (Å²) in [6.07, 6.45) is 3.67. The third-order valence-corrected chi connectivity index (χ3v) is 3.55. The summed E-state index contributed by atoms with van der Waals surface area (Å²) in [5.74, 6) is 1.33. The second kappa shape index (κ2) is 6.04. The summed E-state index contributed by atoms with van der Waals surface area (Å²) in [4.78, 5) is 5.54. The molecular weight excluding hydrogens is 276 g/mol. The largest absolute Gasteiger partial charge is 0.455 e. The van der Waals surface area contributed by atoms with Crippen molar-refractivity contribution < 1.29 is 4.74 Å². The van der Waals surface area contributed by atoms with Gasteiger partial charge in [0.1, 0.15) is 16.5 Å². The Hall–Kier alpha value is -1.59. The zero-order chi connectivity index (χ0) is 13.8. The molecule has 0 radical (unpaired) electrons. The first kappa shape index (κ1) is 13.8. The van der Waals surface area contributed by atoms with E-state index in [-0.39, 0.29) is 0 Å². The van der Waals surface area contributed by atoms with Crippen LogP contribution in [-0.2, 0) is 0 Å². The van der Waals surface area contributed by atoms with Crippen LogP contribution in [0.5, 0.6) is 11.5 Å². The van der Waals surface area contributed by atoms with Gasteiger partial charge in [0, 0.05) is 10.6 Å². The number of hydrogen-bond acceptors (Lipinski definition) is 4. The Morgan fingerprint density at radius 1 is 1.32 bits per heavy atom. The Bertz CT molecular complexity index is 597. The first-order chi connectivity index (χ1) is 9.11. The first-order valence-electron chi connectivity index (χ1n) is 5.69. The van der Waals surface area contributed by atoms with Gasteiger partial charge in [-0.25, -0.2) is 0 Å². The molecule has 0 aliphatic heterocycles. The molecule has 0 unspecified atom stereocenters. The molecule has 1 heterocycles. The number of nitrogens with two attached hydrogens (primary N) is 1. The molecule has 0 spiro atoms. The molecule has 0 saturated carbocycles. The highest BCUT2D eigenvalue weighted by Gasteiger charge is 2.12. The third kappa shape index (κ3) is 3.24. The Morgan fingerprint density at radius 2 is 2.11 bits per heavy atom. The fraction of sp³-hybridized carbons (Fsp3) is 0.143. The van der Waals surface area contributed by atoms with Crippen LogP contribution in [0.25, 0.3) is 0 Å². The van der Waals surface area contributed by atoms with E-state index >= 15 is 0 Å². The minimum atomic E-state index is 0.333. The Labute approximate surface area is 122 Å². The average Bonchev–Trinajstić information content (AvgIpc) is 2.40. The van der Waals surface area contributed by atoms with Crippen LogP contribution in [0, 0.1) is 6.92 Å². The van der Waals surface area contributed by atoms with Crippen molar-refractivity contribution in [2.45, 2.75) is 11.8 Å². The van der Waals surface area contributed by atoms with E-state index in [2.05, 4.69) is 4.98 Å². The predicted molar refractivity (Wildman–Crippen MR) is 83.2 cm³/mol. The molecule has 0 bridgehead atoms. The molecule has 0 aliphatic carbocycles. The summed E-state index contributed by atoms with van der Waals surface area (Å²) in [7, 11) is 0. The van der Waals surface area contributed by atoms with E-state index in [0.717, 1.165) is 16.2 Å². The highest BCUT2D eigenvalue weighted by molar-refractivity contribution is 7.98. The molecule has 2 rings (SSSR count). The zero-order valence-corrected chi connectivity index (χ0v) is 12.3. The van der Waals surface area contributed by atoms with Crippen molar-refractivity contribution >= 4 is 29.0 Å². The van der Waals surface area contributed by atoms with Crippen LogP contribution in [0.15, 0.2) is 41.4 Å². The molecule has 98 valence electrons. The number of ether oxygens (including phenoxy) is 1. The number of rotatable bonds is 4. The maximum Gasteiger partial charge on any atom is 0.145 e. The van der Waals surface area contributed by atoms with Crippen LogP contribution >= 0.6 is 24.0 Å². The standard InChI is InChI=1S/C14H14N2OS2/c1-9-6-7-10(8-16-9)17-11-4-3-5-12(19-2)13(11)14(15)18/h3-8H,1-2H3,(H2,15,18). The van der Waals surface area contributed by atoms with Gasteiger partial charge in [0.25, 0.3) is 0 Å². The predicted octanol–water partition coefficient (Wildman–Crippen LogP) is 3.54. The number of thiocarbonyl (C=S) groups is 1. The minimum absolute atomic E-state index is 0.333. The molecule has 5 heteroatoms. The molecule has 1 aromatic heterocycles. The Balaban J connectivity index is 2.39. The molecule has 0 atom stereocenters. The Kier molecular flexibility index (Phi) is 4.39. The lowest BCUT2D eigenvalue weighted by Gasteiger charge is -2.13. The van der Waals surface area contributed by atoms with Crippen LogP contribution in [-0.4, -0.2) is 16.2 Å². The van der Waals surface area contributed by atoms with Crippen molar-refractivity contribution in [2.75, 3.05) is 6.26 Å². The van der Waals surface area contributed by atoms with Crippen LogP contribution in [0.1, 0.15) is 11.3 Å². The SMILES string of the molecule is CSc1cccc(Oc2ccc(C)nc2)c1C(N)=S. The van der Waals surface area contributed by atoms with Crippen molar-refractivity contribution in [2.24, 2.45) is 5.73 Å². The molecule has 0 aliphatic rings. The van der Waals surface area contributed by atoms with Gasteiger partial charge in [-0.2, -0.15) is 0 Å². The summed E-state index contributed by atoms with van der Waals surface area (Å²) in [5.41, 5.74) is 7.50. The smallest absolute Gasteiger partial charge is 0.145 e. The van der Waals surface area contributed by atoms with E-state index in [9.17, 15) is 0 Å². The average molecular weight is 290 g/mol. The molecule has 1 aromatic carbocycles. The molecule has 0 fully saturated rings. The fourth-order valence-electron chi connectivity index (χ4n) is 1.65. The van der Waals surface area contributed by atoms with Crippen LogP contribution in [0.4, 0.5) is 0 Å². The van der Waals surface area contributed by atoms with Crippen LogP contribution in [0.3, 0.4) is 0 Å². The monoisotopic (exact) mass is 290 g/mol. The van der Waals surface area contributed by atoms with Gasteiger partial charge >= 0.3 is 0 Å². The summed E-state index contributed by atoms with van der Waals surface area (Å²) in [6, 6.07) is 9.52. The summed E-state index contributed by atoms with van der Waals surface area (Å²) in [6.45, 7) is 1.93. The number of hydrogen-bond donors (Lipinski definition) is 1. The first-order valence-corrected chi connectivity index (χ1v) is 7.32. The van der Waals surface area contributed by atoms with Gasteiger partial charge in [-0.3, -0.25) is 4.98 Å². The highest BCUT2D eigenvalue weighted by Crippen LogP contribution is 2.31. The number of aryl methyl sites for hydroxylation is 1. The maximum atomic E-state index is 5.82. The van der Waals surface area contributed by atoms with Crippen molar-refractivity contribution in [3.05, 3.63) is 47.8 Å². The van der Waals surface area contributed by atoms with Crippen LogP contribution < -0.4 is 10.5 Å². The van der Waals surface area contributed by atoms with Gasteiger partial charge in [-0.15, -0.1) is 11.8 Å². The van der Waals surface area contributed by atoms with Gasteiger partial charge in [-0.05, 0) is 37.4 Å².